The Kier molecular flexibility index (Phi) is 20.0. The molecule has 3 aliphatic carbocycles. The van der Waals surface area contributed by atoms with Crippen molar-refractivity contribution >= 4 is 73.7 Å². The molecule has 15 rings (SSSR count). The summed E-state index contributed by atoms with van der Waals surface area (Å²) in [5.41, 5.74) is 14.2. The predicted molar refractivity (Wildman–Crippen MR) is 372 cm³/mol. The molecule has 504 valence electrons. The van der Waals surface area contributed by atoms with E-state index in [1.165, 1.54) is 66.2 Å². The monoisotopic (exact) mass is 1350 g/mol. The molecule has 0 amide bonds. The maximum Gasteiger partial charge on any atom is 0.335 e. The van der Waals surface area contributed by atoms with E-state index < -0.39 is 18.7 Å². The molecule has 0 atom stereocenters. The van der Waals surface area contributed by atoms with E-state index in [2.05, 4.69) is 56.4 Å². The van der Waals surface area contributed by atoms with Crippen molar-refractivity contribution in [2.45, 2.75) is 122 Å². The summed E-state index contributed by atoms with van der Waals surface area (Å²) in [7, 11) is 2.86. The lowest BCUT2D eigenvalue weighted by molar-refractivity contribution is -0.148. The third-order valence-corrected chi connectivity index (χ3v) is 21.0. The molecule has 2 saturated heterocycles. The van der Waals surface area contributed by atoms with Gasteiger partial charge in [0.2, 0.25) is 11.9 Å². The highest BCUT2D eigenvalue weighted by atomic mass is 32.1. The molecule has 10 aromatic rings. The van der Waals surface area contributed by atoms with Gasteiger partial charge < -0.3 is 40.7 Å². The van der Waals surface area contributed by atoms with E-state index in [0.29, 0.717) is 67.7 Å². The minimum Gasteiger partial charge on any atom is -0.479 e. The summed E-state index contributed by atoms with van der Waals surface area (Å²) >= 11 is 2.60. The summed E-state index contributed by atoms with van der Waals surface area (Å²) in [6.45, 7) is 7.76. The van der Waals surface area contributed by atoms with E-state index >= 15 is 0 Å². The number of nitriles is 2. The van der Waals surface area contributed by atoms with Gasteiger partial charge in [0.15, 0.2) is 15.9 Å². The van der Waals surface area contributed by atoms with Crippen molar-refractivity contribution in [1.82, 2.24) is 48.7 Å². The topological polar surface area (TPSA) is 276 Å². The highest BCUT2D eigenvalue weighted by Crippen LogP contribution is 2.67. The number of nitrogens with two attached hydrogens (primary N) is 1. The van der Waals surface area contributed by atoms with Crippen LogP contribution in [0.2, 0.25) is 0 Å². The highest BCUT2D eigenvalue weighted by molar-refractivity contribution is 7.17. The van der Waals surface area contributed by atoms with Crippen LogP contribution in [-0.4, -0.2) is 135 Å². The minimum atomic E-state index is -1.33. The average Bonchev–Trinajstić information content (AvgIpc) is 1.55. The Morgan fingerprint density at radius 2 is 1.02 bits per heavy atom. The van der Waals surface area contributed by atoms with Crippen molar-refractivity contribution in [2.75, 3.05) is 67.0 Å². The van der Waals surface area contributed by atoms with Crippen LogP contribution < -0.4 is 25.3 Å². The van der Waals surface area contributed by atoms with Crippen LogP contribution in [0.25, 0.3) is 56.1 Å². The normalized spacial score (nSPS) is 16.6. The Balaban J connectivity index is 0.000000174. The number of nitrogens with zero attached hydrogens (tertiary/aromatic N) is 16. The van der Waals surface area contributed by atoms with Crippen LogP contribution in [0.3, 0.4) is 0 Å². The van der Waals surface area contributed by atoms with Crippen LogP contribution in [0.1, 0.15) is 114 Å². The number of pyridine rings is 2. The summed E-state index contributed by atoms with van der Waals surface area (Å²) < 4.78 is 46.7. The molecule has 8 aromatic heterocycles. The first kappa shape index (κ1) is 67.5. The number of halogens is 3. The van der Waals surface area contributed by atoms with Gasteiger partial charge >= 0.3 is 5.97 Å². The fourth-order valence-electron chi connectivity index (χ4n) is 12.8. The van der Waals surface area contributed by atoms with E-state index in [-0.39, 0.29) is 36.1 Å². The summed E-state index contributed by atoms with van der Waals surface area (Å²) in [4.78, 5) is 57.4. The second-order valence-electron chi connectivity index (χ2n) is 25.1. The molecule has 0 unspecified atom stereocenters. The molecule has 21 nitrogen and oxygen atoms in total. The predicted octanol–water partition coefficient (Wildman–Crippen LogP) is 13.2. The van der Waals surface area contributed by atoms with Crippen molar-refractivity contribution < 1.29 is 34.7 Å². The summed E-state index contributed by atoms with van der Waals surface area (Å²) in [6.07, 6.45) is 23.5. The highest BCUT2D eigenvalue weighted by Gasteiger charge is 2.64. The third-order valence-electron chi connectivity index (χ3n) is 18.9. The number of hydrogen-bond donors (Lipinski definition) is 4. The standard InChI is InChI=1S/C36H37FN8OS.C29H28FN9S.C4H6O3.CH3F.CH4/c1-3-28-32(43(2)34-42-31(29(19-38)47-34)24-4-7-27(37)8-5-24)45-22-25(6-9-30(45)41-28)26-20-39-33(40-21-26)44-16-10-23(11-17-44)18-35(12-13-35)36(46)14-15-36;1-3-23-27(37(2)29-36-26(24(14-31)40-29)18-4-7-21(30)8-5-18)39-17-19(6-9-25(39)35-23)20-15-33-28(34-16-20)38-12-10-22(32)11-13-38;5-3(6)4(7)1-2-4;1-2;/h4-9,20-23,46H,3,10-18H2,1-2H3;4-9,15-17,22H,3,10-13,32H2,1-2H3;7H,1-2H2,(H,5,6);1H3;1H4/i;;;1D;. The zero-order chi connectivity index (χ0) is 68.3. The Labute approximate surface area is 570 Å². The van der Waals surface area contributed by atoms with Crippen molar-refractivity contribution in [2.24, 2.45) is 17.1 Å². The second-order valence-corrected chi connectivity index (χ2v) is 27.1. The molecule has 2 aliphatic heterocycles. The Morgan fingerprint density at radius 3 is 1.36 bits per heavy atom. The van der Waals surface area contributed by atoms with Crippen LogP contribution in [0.15, 0.2) is 110 Å². The Bertz CT molecular complexity index is 4530. The van der Waals surface area contributed by atoms with Gasteiger partial charge in [-0.05, 0) is 168 Å². The molecular weight excluding hydrogens is 1280 g/mol. The molecule has 0 radical (unpaired) electrons. The number of carboxylic acid groups (broad SMARTS) is 1. The van der Waals surface area contributed by atoms with E-state index in [0.717, 1.165) is 140 Å². The zero-order valence-corrected chi connectivity index (χ0v) is 55.3. The van der Waals surface area contributed by atoms with Gasteiger partial charge in [0, 0.05) is 117 Å². The minimum absolute atomic E-state index is 0. The second kappa shape index (κ2) is 28.7. The molecule has 5 fully saturated rings. The third kappa shape index (κ3) is 14.4. The molecular formula is C71H78F3N17O4S2. The smallest absolute Gasteiger partial charge is 0.335 e. The van der Waals surface area contributed by atoms with Gasteiger partial charge in [-0.25, -0.2) is 53.4 Å². The quantitative estimate of drug-likeness (QED) is 0.0699. The molecule has 5 aliphatic rings. The molecule has 0 bridgehead atoms. The molecule has 0 spiro atoms. The number of aryl methyl sites for hydroxylation is 2. The molecule has 2 aromatic carbocycles. The lowest BCUT2D eigenvalue weighted by Gasteiger charge is -2.35. The fourth-order valence-corrected chi connectivity index (χ4v) is 14.5. The average molecular weight is 1360 g/mol. The first-order valence-electron chi connectivity index (χ1n) is 32.8. The Hall–Kier alpha value is -9.44. The van der Waals surface area contributed by atoms with E-state index in [9.17, 15) is 33.6 Å². The van der Waals surface area contributed by atoms with Crippen molar-refractivity contribution in [3.8, 4) is 56.9 Å². The molecule has 10 heterocycles. The number of alkyl halides is 1. The van der Waals surface area contributed by atoms with Gasteiger partial charge in [-0.3, -0.25) is 13.2 Å². The number of rotatable bonds is 16. The first-order chi connectivity index (χ1) is 46.8. The fraction of sp³-hybridized carbons (Fsp3) is 0.394. The van der Waals surface area contributed by atoms with E-state index in [1.54, 1.807) is 24.3 Å². The number of anilines is 6. The van der Waals surface area contributed by atoms with Gasteiger partial charge in [-0.15, -0.1) is 0 Å². The van der Waals surface area contributed by atoms with Crippen LogP contribution in [-0.2, 0) is 17.6 Å². The van der Waals surface area contributed by atoms with E-state index in [4.69, 9.17) is 47.2 Å². The zero-order valence-electron chi connectivity index (χ0n) is 54.7. The van der Waals surface area contributed by atoms with Gasteiger partial charge in [0.05, 0.1) is 25.5 Å². The number of thiazole rings is 2. The number of carbonyl (C=O) groups is 1. The molecule has 97 heavy (non-hydrogen) atoms. The van der Waals surface area contributed by atoms with Gasteiger partial charge in [0.25, 0.3) is 0 Å². The van der Waals surface area contributed by atoms with Gasteiger partial charge in [0.1, 0.15) is 67.8 Å². The largest absolute Gasteiger partial charge is 0.479 e. The summed E-state index contributed by atoms with van der Waals surface area (Å²) in [5, 5.41) is 48.4. The number of imidazole rings is 2. The first-order valence-corrected chi connectivity index (χ1v) is 33.7. The number of hydrogen-bond acceptors (Lipinski definition) is 20. The van der Waals surface area contributed by atoms with Gasteiger partial charge in [-0.2, -0.15) is 10.5 Å². The van der Waals surface area contributed by atoms with E-state index in [1.807, 2.05) is 83.5 Å². The lowest BCUT2D eigenvalue weighted by atomic mass is 9.81. The summed E-state index contributed by atoms with van der Waals surface area (Å²) in [6, 6.07) is 24.9. The SMILES string of the molecule is C.CCc1nc2ccc(-c3cnc(N4CCC(CC5(C6(O)CC6)CC5)CC4)nc3)cn2c1N(C)c1nc(-c2ccc(F)cc2)c(C#N)s1.CCc1nc2ccc(-c3cnc(N4CCC(N)CC4)nc3)cn2c1N(C)c1nc(-c2ccc(F)cc2)c(C#N)s1.O=C(O)C1(O)CC1.[2H]CF. The maximum absolute atomic E-state index is 13.6. The lowest BCUT2D eigenvalue weighted by Crippen LogP contribution is -2.40. The number of aliphatic hydroxyl groups is 2. The number of aromatic nitrogens is 10. The Morgan fingerprint density at radius 1 is 0.629 bits per heavy atom. The molecule has 5 N–H and O–H groups in total. The molecule has 3 saturated carbocycles. The number of aliphatic carboxylic acids is 1. The number of piperidine rings is 2. The van der Waals surface area contributed by atoms with Crippen LogP contribution in [0, 0.1) is 45.6 Å². The number of fused-ring (bicyclic) bond motifs is 2. The summed E-state index contributed by atoms with van der Waals surface area (Å²) in [5.74, 6) is 2.14. The van der Waals surface area contributed by atoms with Crippen molar-refractivity contribution in [3.63, 3.8) is 0 Å². The van der Waals surface area contributed by atoms with Crippen molar-refractivity contribution in [1.29, 1.82) is 10.5 Å². The van der Waals surface area contributed by atoms with Crippen LogP contribution >= 0.6 is 22.7 Å². The van der Waals surface area contributed by atoms with Crippen molar-refractivity contribution in [3.05, 3.63) is 143 Å². The van der Waals surface area contributed by atoms with Crippen LogP contribution in [0.5, 0.6) is 0 Å². The maximum atomic E-state index is 13.6. The number of benzene rings is 2. The number of carboxylic acids is 1. The van der Waals surface area contributed by atoms with Gasteiger partial charge in [-0.1, -0.05) is 43.9 Å². The van der Waals surface area contributed by atoms with Crippen LogP contribution in [0.4, 0.5) is 47.0 Å². The molecule has 26 heteroatoms.